The molecule has 0 amide bonds. The molecule has 0 saturated heterocycles. The van der Waals surface area contributed by atoms with Crippen molar-refractivity contribution in [1.29, 1.82) is 0 Å². The van der Waals surface area contributed by atoms with E-state index in [-0.39, 0.29) is 0 Å². The van der Waals surface area contributed by atoms with Gasteiger partial charge in [-0.15, -0.1) is 0 Å². The van der Waals surface area contributed by atoms with Crippen molar-refractivity contribution in [1.82, 2.24) is 0 Å². The van der Waals surface area contributed by atoms with Crippen LogP contribution in [-0.2, 0) is 9.53 Å². The zero-order valence-corrected chi connectivity index (χ0v) is 19.2. The summed E-state index contributed by atoms with van der Waals surface area (Å²) in [7, 11) is 0. The maximum absolute atomic E-state index is 13.4. The fourth-order valence-corrected chi connectivity index (χ4v) is 3.27. The van der Waals surface area contributed by atoms with E-state index in [1.165, 1.54) is 12.1 Å². The number of halogens is 2. The number of hydrogen-bond acceptors (Lipinski definition) is 5. The van der Waals surface area contributed by atoms with Crippen LogP contribution in [0.2, 0.25) is 0 Å². The summed E-state index contributed by atoms with van der Waals surface area (Å²) in [5.41, 5.74) is 1.36. The first kappa shape index (κ1) is 25.6. The molecule has 3 aromatic carbocycles. The fourth-order valence-electron chi connectivity index (χ4n) is 3.27. The van der Waals surface area contributed by atoms with E-state index in [9.17, 15) is 18.4 Å². The third-order valence-corrected chi connectivity index (χ3v) is 5.07. The quantitative estimate of drug-likeness (QED) is 0.128. The second-order valence-corrected chi connectivity index (χ2v) is 7.73. The van der Waals surface area contributed by atoms with E-state index in [1.54, 1.807) is 48.5 Å². The van der Waals surface area contributed by atoms with E-state index in [2.05, 4.69) is 6.58 Å². The van der Waals surface area contributed by atoms with E-state index in [0.29, 0.717) is 41.4 Å². The maximum Gasteiger partial charge on any atom is 0.343 e. The fraction of sp³-hybridized carbons (Fsp3) is 0.214. The number of benzene rings is 3. The molecule has 0 saturated carbocycles. The van der Waals surface area contributed by atoms with Crippen LogP contribution in [0.3, 0.4) is 0 Å². The summed E-state index contributed by atoms with van der Waals surface area (Å²) >= 11 is 0. The Labute approximate surface area is 203 Å². The highest BCUT2D eigenvalue weighted by atomic mass is 19.1. The maximum atomic E-state index is 13.4. The number of ether oxygens (including phenoxy) is 3. The van der Waals surface area contributed by atoms with Crippen molar-refractivity contribution in [2.24, 2.45) is 0 Å². The summed E-state index contributed by atoms with van der Waals surface area (Å²) in [4.78, 5) is 23.3. The highest BCUT2D eigenvalue weighted by molar-refractivity contribution is 5.91. The first-order valence-corrected chi connectivity index (χ1v) is 11.3. The summed E-state index contributed by atoms with van der Waals surface area (Å²) in [6, 6.07) is 16.3. The van der Waals surface area contributed by atoms with Gasteiger partial charge in [-0.2, -0.15) is 0 Å². The normalized spacial score (nSPS) is 10.5. The van der Waals surface area contributed by atoms with Gasteiger partial charge >= 0.3 is 11.9 Å². The predicted octanol–water partition coefficient (Wildman–Crippen LogP) is 6.52. The number of unbranched alkanes of at least 4 members (excludes halogenated alkanes) is 3. The van der Waals surface area contributed by atoms with Crippen LogP contribution in [0.4, 0.5) is 8.78 Å². The summed E-state index contributed by atoms with van der Waals surface area (Å²) in [5, 5.41) is 0. The Morgan fingerprint density at radius 2 is 1.34 bits per heavy atom. The number of rotatable bonds is 12. The van der Waals surface area contributed by atoms with Crippen molar-refractivity contribution in [3.8, 4) is 22.6 Å². The molecule has 0 aromatic heterocycles. The van der Waals surface area contributed by atoms with Crippen LogP contribution in [0.1, 0.15) is 36.0 Å². The van der Waals surface area contributed by atoms with Crippen molar-refractivity contribution in [2.75, 3.05) is 13.2 Å². The predicted molar refractivity (Wildman–Crippen MR) is 128 cm³/mol. The summed E-state index contributed by atoms with van der Waals surface area (Å²) in [6.07, 6.45) is 4.68. The first-order valence-electron chi connectivity index (χ1n) is 11.3. The monoisotopic (exact) mass is 480 g/mol. The average Bonchev–Trinajstić information content (AvgIpc) is 2.85. The number of esters is 2. The Morgan fingerprint density at radius 1 is 0.743 bits per heavy atom. The molecule has 0 N–H and O–H groups in total. The molecule has 0 bridgehead atoms. The molecule has 35 heavy (non-hydrogen) atoms. The van der Waals surface area contributed by atoms with Gasteiger partial charge in [-0.05, 0) is 85.3 Å². The first-order chi connectivity index (χ1) is 16.9. The largest absolute Gasteiger partial charge is 0.494 e. The molecule has 0 atom stereocenters. The highest BCUT2D eigenvalue weighted by Gasteiger charge is 2.10. The third kappa shape index (κ3) is 8.37. The summed E-state index contributed by atoms with van der Waals surface area (Å²) in [6.45, 7) is 4.27. The molecule has 0 aliphatic heterocycles. The van der Waals surface area contributed by atoms with E-state index >= 15 is 0 Å². The van der Waals surface area contributed by atoms with Gasteiger partial charge in [0.25, 0.3) is 0 Å². The van der Waals surface area contributed by atoms with E-state index in [0.717, 1.165) is 37.8 Å². The van der Waals surface area contributed by atoms with Crippen LogP contribution in [0.15, 0.2) is 79.4 Å². The highest BCUT2D eigenvalue weighted by Crippen LogP contribution is 2.25. The van der Waals surface area contributed by atoms with Crippen molar-refractivity contribution in [3.05, 3.63) is 96.6 Å². The molecule has 0 unspecified atom stereocenters. The van der Waals surface area contributed by atoms with Crippen molar-refractivity contribution >= 4 is 11.9 Å². The lowest BCUT2D eigenvalue weighted by Crippen LogP contribution is -2.08. The molecule has 0 heterocycles. The Bertz CT molecular complexity index is 1120. The standard InChI is InChI=1S/C28H26F2O5/c1-2-27(31)34-16-6-4-3-5-15-33-25-11-9-21(10-12-25)28(32)35-26-13-7-20(8-14-26)22-17-23(29)19-24(30)18-22/h2,7-14,17-19H,1,3-6,15-16H2. The molecule has 0 fully saturated rings. The molecule has 3 aromatic rings. The summed E-state index contributed by atoms with van der Waals surface area (Å²) < 4.78 is 42.8. The van der Waals surface area contributed by atoms with Gasteiger partial charge < -0.3 is 14.2 Å². The average molecular weight is 481 g/mol. The molecule has 0 spiro atoms. The minimum absolute atomic E-state index is 0.315. The molecular formula is C28H26F2O5. The zero-order valence-electron chi connectivity index (χ0n) is 19.2. The number of carbonyl (C=O) groups is 2. The Kier molecular flexibility index (Phi) is 9.54. The van der Waals surface area contributed by atoms with Crippen molar-refractivity contribution < 1.29 is 32.6 Å². The van der Waals surface area contributed by atoms with Gasteiger partial charge in [-0.3, -0.25) is 0 Å². The van der Waals surface area contributed by atoms with Gasteiger partial charge in [0.2, 0.25) is 0 Å². The lowest BCUT2D eigenvalue weighted by molar-refractivity contribution is -0.137. The SMILES string of the molecule is C=CC(=O)OCCCCCCOc1ccc(C(=O)Oc2ccc(-c3cc(F)cc(F)c3)cc2)cc1. The van der Waals surface area contributed by atoms with Gasteiger partial charge in [0, 0.05) is 12.1 Å². The van der Waals surface area contributed by atoms with Gasteiger partial charge in [-0.25, -0.2) is 18.4 Å². The molecule has 0 aliphatic rings. The van der Waals surface area contributed by atoms with Gasteiger partial charge in [0.1, 0.15) is 23.1 Å². The van der Waals surface area contributed by atoms with E-state index in [1.807, 2.05) is 0 Å². The molecule has 0 aliphatic carbocycles. The van der Waals surface area contributed by atoms with Crippen LogP contribution < -0.4 is 9.47 Å². The lowest BCUT2D eigenvalue weighted by atomic mass is 10.1. The minimum atomic E-state index is -0.660. The smallest absolute Gasteiger partial charge is 0.343 e. The minimum Gasteiger partial charge on any atom is -0.494 e. The van der Waals surface area contributed by atoms with Crippen LogP contribution in [0, 0.1) is 11.6 Å². The van der Waals surface area contributed by atoms with Gasteiger partial charge in [-0.1, -0.05) is 18.7 Å². The van der Waals surface area contributed by atoms with Gasteiger partial charge in [0.05, 0.1) is 18.8 Å². The number of hydrogen-bond donors (Lipinski definition) is 0. The van der Waals surface area contributed by atoms with Crippen LogP contribution in [0.25, 0.3) is 11.1 Å². The second kappa shape index (κ2) is 13.0. The Hall–Kier alpha value is -4.00. The van der Waals surface area contributed by atoms with E-state index < -0.39 is 23.6 Å². The van der Waals surface area contributed by atoms with Crippen LogP contribution in [0.5, 0.6) is 11.5 Å². The molecule has 7 heteroatoms. The molecular weight excluding hydrogens is 454 g/mol. The topological polar surface area (TPSA) is 61.8 Å². The van der Waals surface area contributed by atoms with Crippen molar-refractivity contribution in [3.63, 3.8) is 0 Å². The van der Waals surface area contributed by atoms with Crippen LogP contribution >= 0.6 is 0 Å². The van der Waals surface area contributed by atoms with Crippen LogP contribution in [-0.4, -0.2) is 25.2 Å². The number of carbonyl (C=O) groups excluding carboxylic acids is 2. The van der Waals surface area contributed by atoms with Gasteiger partial charge in [0.15, 0.2) is 0 Å². The molecule has 3 rings (SSSR count). The lowest BCUT2D eigenvalue weighted by Gasteiger charge is -2.08. The summed E-state index contributed by atoms with van der Waals surface area (Å²) in [5.74, 6) is -1.29. The molecule has 182 valence electrons. The van der Waals surface area contributed by atoms with E-state index in [4.69, 9.17) is 14.2 Å². The third-order valence-electron chi connectivity index (χ3n) is 5.07. The Balaban J connectivity index is 1.41. The Morgan fingerprint density at radius 3 is 1.97 bits per heavy atom. The van der Waals surface area contributed by atoms with Crippen molar-refractivity contribution in [2.45, 2.75) is 25.7 Å². The zero-order chi connectivity index (χ0) is 25.0. The molecule has 0 radical (unpaired) electrons. The molecule has 5 nitrogen and oxygen atoms in total. The second-order valence-electron chi connectivity index (χ2n) is 7.73.